The molecule has 1 N–H and O–H groups in total. The van der Waals surface area contributed by atoms with Crippen molar-refractivity contribution in [1.29, 1.82) is 5.26 Å². The fourth-order valence-corrected chi connectivity index (χ4v) is 4.65. The second-order valence-electron chi connectivity index (χ2n) is 8.29. The van der Waals surface area contributed by atoms with E-state index in [1.165, 1.54) is 0 Å². The van der Waals surface area contributed by atoms with Crippen LogP contribution in [-0.4, -0.2) is 42.9 Å². The van der Waals surface area contributed by atoms with Crippen LogP contribution in [0.2, 0.25) is 0 Å². The van der Waals surface area contributed by atoms with E-state index in [9.17, 15) is 14.4 Å². The average molecular weight is 423 g/mol. The van der Waals surface area contributed by atoms with Crippen molar-refractivity contribution in [2.24, 2.45) is 5.92 Å². The van der Waals surface area contributed by atoms with Crippen LogP contribution in [0.25, 0.3) is 11.0 Å². The Labute approximate surface area is 177 Å². The average Bonchev–Trinajstić information content (AvgIpc) is 3.14. The van der Waals surface area contributed by atoms with Gasteiger partial charge in [0.05, 0.1) is 18.4 Å². The molecule has 0 amide bonds. The van der Waals surface area contributed by atoms with E-state index in [-0.39, 0.29) is 34.5 Å². The Kier molecular flexibility index (Phi) is 4.98. The number of hydrogen-bond acceptors (Lipinski definition) is 7. The molecule has 31 heavy (non-hydrogen) atoms. The van der Waals surface area contributed by atoms with Crippen LogP contribution < -0.4 is 5.56 Å². The normalized spacial score (nSPS) is 22.7. The molecular formula is C21H22FN7O2. The zero-order valence-electron chi connectivity index (χ0n) is 17.1. The summed E-state index contributed by atoms with van der Waals surface area (Å²) in [6.45, 7) is 3.44. The minimum Gasteiger partial charge on any atom is -0.381 e. The molecule has 0 radical (unpaired) electrons. The molecule has 5 rings (SSSR count). The maximum atomic E-state index is 13.2. The van der Waals surface area contributed by atoms with Gasteiger partial charge in [-0.25, -0.2) is 24.0 Å². The van der Waals surface area contributed by atoms with Crippen LogP contribution in [0, 0.1) is 23.1 Å². The summed E-state index contributed by atoms with van der Waals surface area (Å²) in [7, 11) is 0. The van der Waals surface area contributed by atoms with Crippen LogP contribution in [0.15, 0.2) is 17.2 Å². The number of aromatic nitrogens is 6. The van der Waals surface area contributed by atoms with Crippen molar-refractivity contribution < 1.29 is 9.13 Å². The van der Waals surface area contributed by atoms with Gasteiger partial charge in [0.15, 0.2) is 17.2 Å². The SMILES string of the molecule is C[C@H](C1CCOCC1)n1nc(C#N)c2c(=O)[nH]c([C@H]3CC[C@@H]3c3ncc(F)cn3)nc21. The Morgan fingerprint density at radius 3 is 2.58 bits per heavy atom. The van der Waals surface area contributed by atoms with Gasteiger partial charge in [0.2, 0.25) is 0 Å². The summed E-state index contributed by atoms with van der Waals surface area (Å²) in [5, 5.41) is 14.2. The quantitative estimate of drug-likeness (QED) is 0.684. The van der Waals surface area contributed by atoms with Gasteiger partial charge >= 0.3 is 0 Å². The highest BCUT2D eigenvalue weighted by atomic mass is 19.1. The Morgan fingerprint density at radius 2 is 1.94 bits per heavy atom. The predicted molar refractivity (Wildman–Crippen MR) is 108 cm³/mol. The summed E-state index contributed by atoms with van der Waals surface area (Å²) in [5.74, 6) is 0.809. The number of nitrogens with one attached hydrogen (secondary N) is 1. The Bertz CT molecular complexity index is 1210. The Balaban J connectivity index is 1.55. The fourth-order valence-electron chi connectivity index (χ4n) is 4.65. The third-order valence-electron chi connectivity index (χ3n) is 6.62. The van der Waals surface area contributed by atoms with Gasteiger partial charge in [0.1, 0.15) is 23.1 Å². The molecule has 1 saturated heterocycles. The molecule has 1 aliphatic carbocycles. The molecule has 0 unspecified atom stereocenters. The zero-order chi connectivity index (χ0) is 21.5. The van der Waals surface area contributed by atoms with Gasteiger partial charge < -0.3 is 9.72 Å². The largest absolute Gasteiger partial charge is 0.381 e. The van der Waals surface area contributed by atoms with Crippen molar-refractivity contribution >= 4 is 11.0 Å². The van der Waals surface area contributed by atoms with Crippen LogP contribution in [0.3, 0.4) is 0 Å². The molecule has 3 aromatic rings. The number of aromatic amines is 1. The lowest BCUT2D eigenvalue weighted by Gasteiger charge is -2.34. The van der Waals surface area contributed by atoms with Gasteiger partial charge in [-0.3, -0.25) is 4.79 Å². The summed E-state index contributed by atoms with van der Waals surface area (Å²) in [4.78, 5) is 28.8. The number of hydrogen-bond donors (Lipinski definition) is 1. The lowest BCUT2D eigenvalue weighted by atomic mass is 9.72. The number of nitrogens with zero attached hydrogens (tertiary/aromatic N) is 6. The van der Waals surface area contributed by atoms with Gasteiger partial charge in [-0.05, 0) is 38.5 Å². The molecule has 9 nitrogen and oxygen atoms in total. The minimum atomic E-state index is -0.484. The first-order chi connectivity index (χ1) is 15.1. The molecule has 3 aromatic heterocycles. The predicted octanol–water partition coefficient (Wildman–Crippen LogP) is 2.57. The summed E-state index contributed by atoms with van der Waals surface area (Å²) in [6, 6.07) is 2.01. The van der Waals surface area contributed by atoms with Crippen LogP contribution in [0.4, 0.5) is 4.39 Å². The minimum absolute atomic E-state index is 0.0201. The number of halogens is 1. The molecule has 2 aliphatic rings. The molecule has 0 bridgehead atoms. The summed E-state index contributed by atoms with van der Waals surface area (Å²) < 4.78 is 20.4. The summed E-state index contributed by atoms with van der Waals surface area (Å²) in [6.07, 6.45) is 5.75. The Morgan fingerprint density at radius 1 is 1.23 bits per heavy atom. The van der Waals surface area contributed by atoms with Crippen LogP contribution in [-0.2, 0) is 4.74 Å². The lowest BCUT2D eigenvalue weighted by molar-refractivity contribution is 0.0501. The van der Waals surface area contributed by atoms with Crippen molar-refractivity contribution in [2.45, 2.75) is 50.5 Å². The van der Waals surface area contributed by atoms with Crippen molar-refractivity contribution in [3.8, 4) is 6.07 Å². The highest BCUT2D eigenvalue weighted by molar-refractivity contribution is 5.80. The first-order valence-electron chi connectivity index (χ1n) is 10.5. The Hall–Kier alpha value is -3.19. The highest BCUT2D eigenvalue weighted by Gasteiger charge is 2.38. The molecule has 2 fully saturated rings. The number of H-pyrrole nitrogens is 1. The third kappa shape index (κ3) is 3.39. The van der Waals surface area contributed by atoms with Gasteiger partial charge in [0, 0.05) is 25.0 Å². The van der Waals surface area contributed by atoms with Crippen LogP contribution in [0.5, 0.6) is 0 Å². The third-order valence-corrected chi connectivity index (χ3v) is 6.62. The monoisotopic (exact) mass is 423 g/mol. The first-order valence-corrected chi connectivity index (χ1v) is 10.5. The molecule has 1 aliphatic heterocycles. The van der Waals surface area contributed by atoms with Gasteiger partial charge in [-0.15, -0.1) is 0 Å². The standard InChI is InChI=1S/C21H22FN7O2/c1-11(12-4-6-31-7-5-12)29-20-17(16(8-23)28-29)21(30)27-19(26-20)15-3-2-14(15)18-24-9-13(22)10-25-18/h9-12,14-15H,2-7H2,1H3,(H,26,27,30)/t11-,14+,15+/m1/s1. The highest BCUT2D eigenvalue weighted by Crippen LogP contribution is 2.46. The maximum absolute atomic E-state index is 13.2. The van der Waals surface area contributed by atoms with Crippen molar-refractivity contribution in [2.75, 3.05) is 13.2 Å². The molecule has 4 heterocycles. The number of rotatable bonds is 4. The molecule has 10 heteroatoms. The van der Waals surface area contributed by atoms with E-state index in [1.54, 1.807) is 4.68 Å². The number of ether oxygens (including phenoxy) is 1. The van der Waals surface area contributed by atoms with Crippen LogP contribution in [0.1, 0.15) is 67.8 Å². The van der Waals surface area contributed by atoms with E-state index in [2.05, 4.69) is 20.1 Å². The smallest absolute Gasteiger partial charge is 0.263 e. The van der Waals surface area contributed by atoms with Crippen molar-refractivity contribution in [1.82, 2.24) is 29.7 Å². The van der Waals surface area contributed by atoms with Gasteiger partial charge in [-0.2, -0.15) is 10.4 Å². The maximum Gasteiger partial charge on any atom is 0.263 e. The van der Waals surface area contributed by atoms with E-state index in [0.717, 1.165) is 38.1 Å². The molecule has 3 atom stereocenters. The van der Waals surface area contributed by atoms with Gasteiger partial charge in [-0.1, -0.05) is 0 Å². The lowest BCUT2D eigenvalue weighted by Crippen LogP contribution is -2.28. The molecule has 0 spiro atoms. The van der Waals surface area contributed by atoms with E-state index < -0.39 is 5.82 Å². The van der Waals surface area contributed by atoms with Crippen LogP contribution >= 0.6 is 0 Å². The first kappa shape index (κ1) is 19.8. The van der Waals surface area contributed by atoms with E-state index in [1.807, 2.05) is 13.0 Å². The molecule has 0 aromatic carbocycles. The van der Waals surface area contributed by atoms with Gasteiger partial charge in [0.25, 0.3) is 5.56 Å². The number of fused-ring (bicyclic) bond motifs is 1. The topological polar surface area (TPSA) is 122 Å². The summed E-state index contributed by atoms with van der Waals surface area (Å²) in [5.41, 5.74) is 0.147. The van der Waals surface area contributed by atoms with E-state index in [0.29, 0.717) is 36.4 Å². The second-order valence-corrected chi connectivity index (χ2v) is 8.29. The second kappa shape index (κ2) is 7.81. The zero-order valence-corrected chi connectivity index (χ0v) is 17.1. The number of nitriles is 1. The fraction of sp³-hybridized carbons (Fsp3) is 0.524. The van der Waals surface area contributed by atoms with Crippen molar-refractivity contribution in [3.05, 3.63) is 45.9 Å². The van der Waals surface area contributed by atoms with E-state index >= 15 is 0 Å². The summed E-state index contributed by atoms with van der Waals surface area (Å²) >= 11 is 0. The van der Waals surface area contributed by atoms with E-state index in [4.69, 9.17) is 9.72 Å². The molecular weight excluding hydrogens is 401 g/mol. The molecule has 160 valence electrons. The molecule has 1 saturated carbocycles. The van der Waals surface area contributed by atoms with Crippen molar-refractivity contribution in [3.63, 3.8) is 0 Å².